The van der Waals surface area contributed by atoms with Crippen LogP contribution >= 0.6 is 12.4 Å². The van der Waals surface area contributed by atoms with Crippen LogP contribution in [0.3, 0.4) is 0 Å². The summed E-state index contributed by atoms with van der Waals surface area (Å²) in [4.78, 5) is 14.5. The van der Waals surface area contributed by atoms with Crippen LogP contribution in [0.5, 0.6) is 5.75 Å². The Morgan fingerprint density at radius 3 is 2.62 bits per heavy atom. The number of rotatable bonds is 6. The molecule has 0 saturated carbocycles. The Bertz CT molecular complexity index is 698. The number of aromatic nitrogens is 3. The second-order valence-corrected chi connectivity index (χ2v) is 6.23. The summed E-state index contributed by atoms with van der Waals surface area (Å²) < 4.78 is 7.01. The van der Waals surface area contributed by atoms with Gasteiger partial charge in [-0.05, 0) is 50.6 Å². The molecule has 0 radical (unpaired) electrons. The van der Waals surface area contributed by atoms with Crippen LogP contribution < -0.4 is 10.1 Å². The van der Waals surface area contributed by atoms with Crippen LogP contribution in [0.25, 0.3) is 0 Å². The summed E-state index contributed by atoms with van der Waals surface area (Å²) in [5, 5.41) is 11.6. The molecule has 2 aromatic rings. The van der Waals surface area contributed by atoms with E-state index in [4.69, 9.17) is 4.74 Å². The molecule has 1 aromatic carbocycles. The molecule has 1 saturated heterocycles. The van der Waals surface area contributed by atoms with E-state index in [0.717, 1.165) is 37.2 Å². The number of hydrogen-bond donors (Lipinski definition) is 1. The Kier molecular flexibility index (Phi) is 7.41. The summed E-state index contributed by atoms with van der Waals surface area (Å²) in [6.07, 6.45) is 3.82. The normalized spacial score (nSPS) is 14.5. The first-order chi connectivity index (χ1) is 12.2. The van der Waals surface area contributed by atoms with Crippen LogP contribution in [0.1, 0.15) is 41.9 Å². The molecule has 2 heterocycles. The first-order valence-corrected chi connectivity index (χ1v) is 8.76. The van der Waals surface area contributed by atoms with Crippen molar-refractivity contribution in [3.63, 3.8) is 0 Å². The Labute approximate surface area is 160 Å². The van der Waals surface area contributed by atoms with Gasteiger partial charge in [0.15, 0.2) is 5.69 Å². The molecule has 26 heavy (non-hydrogen) atoms. The fourth-order valence-electron chi connectivity index (χ4n) is 3.06. The predicted molar refractivity (Wildman–Crippen MR) is 102 cm³/mol. The Balaban J connectivity index is 0.00000243. The lowest BCUT2D eigenvalue weighted by Gasteiger charge is -2.22. The third-order valence-electron chi connectivity index (χ3n) is 4.61. The number of carbonyl (C=O) groups excluding carboxylic acids is 1. The lowest BCUT2D eigenvalue weighted by atomic mass is 10.1. The molecule has 1 fully saturated rings. The summed E-state index contributed by atoms with van der Waals surface area (Å²) in [5.74, 6) is 0.724. The molecule has 3 rings (SSSR count). The van der Waals surface area contributed by atoms with E-state index in [-0.39, 0.29) is 18.3 Å². The zero-order valence-corrected chi connectivity index (χ0v) is 16.0. The SMILES string of the molecule is CCN(Cc1ccc(OC)cc1)C(=O)c1cn(C2CCNCC2)nn1.Cl. The number of nitrogens with one attached hydrogen (secondary N) is 1. The van der Waals surface area contributed by atoms with E-state index in [1.54, 1.807) is 18.2 Å². The van der Waals surface area contributed by atoms with Crippen molar-refractivity contribution in [2.75, 3.05) is 26.7 Å². The van der Waals surface area contributed by atoms with E-state index < -0.39 is 0 Å². The monoisotopic (exact) mass is 379 g/mol. The molecule has 0 atom stereocenters. The van der Waals surface area contributed by atoms with Gasteiger partial charge in [-0.25, -0.2) is 4.68 Å². The van der Waals surface area contributed by atoms with Gasteiger partial charge in [-0.15, -0.1) is 17.5 Å². The molecular formula is C18H26ClN5O2. The number of benzene rings is 1. The Hall–Kier alpha value is -2.12. The molecule has 7 nitrogen and oxygen atoms in total. The van der Waals surface area contributed by atoms with Gasteiger partial charge in [0.25, 0.3) is 5.91 Å². The van der Waals surface area contributed by atoms with Gasteiger partial charge in [0.1, 0.15) is 5.75 Å². The summed E-state index contributed by atoms with van der Waals surface area (Å²) in [6, 6.07) is 8.08. The number of amides is 1. The van der Waals surface area contributed by atoms with Crippen LogP contribution in [0, 0.1) is 0 Å². The van der Waals surface area contributed by atoms with Gasteiger partial charge in [0.05, 0.1) is 19.3 Å². The quantitative estimate of drug-likeness (QED) is 0.833. The number of nitrogens with zero attached hydrogens (tertiary/aromatic N) is 4. The fraction of sp³-hybridized carbons (Fsp3) is 0.500. The van der Waals surface area contributed by atoms with Gasteiger partial charge in [0, 0.05) is 13.1 Å². The minimum Gasteiger partial charge on any atom is -0.497 e. The second kappa shape index (κ2) is 9.54. The van der Waals surface area contributed by atoms with Crippen molar-refractivity contribution in [3.8, 4) is 5.75 Å². The largest absolute Gasteiger partial charge is 0.497 e. The molecule has 0 unspecified atom stereocenters. The average molecular weight is 380 g/mol. The van der Waals surface area contributed by atoms with E-state index in [1.165, 1.54) is 0 Å². The smallest absolute Gasteiger partial charge is 0.276 e. The van der Waals surface area contributed by atoms with Gasteiger partial charge in [-0.2, -0.15) is 0 Å². The topological polar surface area (TPSA) is 72.3 Å². The molecule has 1 aliphatic rings. The van der Waals surface area contributed by atoms with Gasteiger partial charge in [0.2, 0.25) is 0 Å². The van der Waals surface area contributed by atoms with Crippen LogP contribution in [-0.4, -0.2) is 52.5 Å². The Morgan fingerprint density at radius 2 is 2.00 bits per heavy atom. The molecule has 142 valence electrons. The van der Waals surface area contributed by atoms with Crippen molar-refractivity contribution in [1.82, 2.24) is 25.2 Å². The number of ether oxygens (including phenoxy) is 1. The van der Waals surface area contributed by atoms with Crippen LogP contribution in [0.15, 0.2) is 30.5 Å². The highest BCUT2D eigenvalue weighted by atomic mass is 35.5. The average Bonchev–Trinajstić information content (AvgIpc) is 3.17. The number of methoxy groups -OCH3 is 1. The zero-order chi connectivity index (χ0) is 17.6. The van der Waals surface area contributed by atoms with E-state index in [1.807, 2.05) is 35.9 Å². The van der Waals surface area contributed by atoms with E-state index in [2.05, 4.69) is 15.6 Å². The second-order valence-electron chi connectivity index (χ2n) is 6.23. The maximum Gasteiger partial charge on any atom is 0.276 e. The minimum absolute atomic E-state index is 0. The first kappa shape index (κ1) is 20.2. The van der Waals surface area contributed by atoms with Crippen molar-refractivity contribution in [1.29, 1.82) is 0 Å². The van der Waals surface area contributed by atoms with E-state index >= 15 is 0 Å². The highest BCUT2D eigenvalue weighted by Crippen LogP contribution is 2.18. The van der Waals surface area contributed by atoms with E-state index in [9.17, 15) is 4.79 Å². The summed E-state index contributed by atoms with van der Waals surface area (Å²) in [7, 11) is 1.64. The summed E-state index contributed by atoms with van der Waals surface area (Å²) >= 11 is 0. The number of piperidine rings is 1. The van der Waals surface area contributed by atoms with Crippen molar-refractivity contribution in [3.05, 3.63) is 41.7 Å². The molecule has 1 amide bonds. The predicted octanol–water partition coefficient (Wildman–Crippen LogP) is 2.30. The number of carbonyl (C=O) groups is 1. The Morgan fingerprint density at radius 1 is 1.31 bits per heavy atom. The van der Waals surface area contributed by atoms with Gasteiger partial charge < -0.3 is 15.0 Å². The highest BCUT2D eigenvalue weighted by Gasteiger charge is 2.21. The lowest BCUT2D eigenvalue weighted by molar-refractivity contribution is 0.0746. The standard InChI is InChI=1S/C18H25N5O2.ClH/c1-3-22(12-14-4-6-16(25-2)7-5-14)18(24)17-13-23(21-20-17)15-8-10-19-11-9-15;/h4-7,13,15,19H,3,8-12H2,1-2H3;1H. The molecule has 1 N–H and O–H groups in total. The summed E-state index contributed by atoms with van der Waals surface area (Å²) in [5.41, 5.74) is 1.47. The van der Waals surface area contributed by atoms with Crippen molar-refractivity contribution in [2.24, 2.45) is 0 Å². The third kappa shape index (κ3) is 4.74. The molecule has 0 spiro atoms. The van der Waals surface area contributed by atoms with Gasteiger partial charge in [-0.3, -0.25) is 4.79 Å². The maximum absolute atomic E-state index is 12.8. The van der Waals surface area contributed by atoms with Crippen LogP contribution in [-0.2, 0) is 6.54 Å². The van der Waals surface area contributed by atoms with Crippen molar-refractivity contribution < 1.29 is 9.53 Å². The van der Waals surface area contributed by atoms with Crippen molar-refractivity contribution >= 4 is 18.3 Å². The van der Waals surface area contributed by atoms with Gasteiger partial charge in [-0.1, -0.05) is 17.3 Å². The van der Waals surface area contributed by atoms with Crippen molar-refractivity contribution in [2.45, 2.75) is 32.4 Å². The molecule has 0 aliphatic carbocycles. The lowest BCUT2D eigenvalue weighted by Crippen LogP contribution is -2.31. The molecule has 1 aromatic heterocycles. The maximum atomic E-state index is 12.8. The molecular weight excluding hydrogens is 354 g/mol. The highest BCUT2D eigenvalue weighted by molar-refractivity contribution is 5.91. The minimum atomic E-state index is -0.0847. The molecule has 1 aliphatic heterocycles. The zero-order valence-electron chi connectivity index (χ0n) is 15.2. The molecule has 0 bridgehead atoms. The first-order valence-electron chi connectivity index (χ1n) is 8.76. The third-order valence-corrected chi connectivity index (χ3v) is 4.61. The number of hydrogen-bond acceptors (Lipinski definition) is 5. The van der Waals surface area contributed by atoms with Crippen LogP contribution in [0.4, 0.5) is 0 Å². The van der Waals surface area contributed by atoms with Gasteiger partial charge >= 0.3 is 0 Å². The fourth-order valence-corrected chi connectivity index (χ4v) is 3.06. The number of halogens is 1. The van der Waals surface area contributed by atoms with Crippen LogP contribution in [0.2, 0.25) is 0 Å². The summed E-state index contributed by atoms with van der Waals surface area (Å²) in [6.45, 7) is 5.09. The molecule has 8 heteroatoms. The van der Waals surface area contributed by atoms with E-state index in [0.29, 0.717) is 24.8 Å².